The number of aliphatic carboxylic acids is 1. The predicted octanol–water partition coefficient (Wildman–Crippen LogP) is -0.664. The second-order valence-electron chi connectivity index (χ2n) is 4.67. The number of carbonyl (C=O) groups excluding carboxylic acids is 1. The molecule has 0 bridgehead atoms. The van der Waals surface area contributed by atoms with Gasteiger partial charge >= 0.3 is 0 Å². The third-order valence-electron chi connectivity index (χ3n) is 2.99. The summed E-state index contributed by atoms with van der Waals surface area (Å²) < 4.78 is 10.8. The first-order chi connectivity index (χ1) is 9.00. The van der Waals surface area contributed by atoms with Gasteiger partial charge in [-0.25, -0.2) is 0 Å². The standard InChI is InChI=1S/C13H22O6/c1-9-10(14)8-11(15)13(19-9)18-7-5-3-2-4-6-12(16)17/h4,6,9-11,13-15H,2-3,5,7-8H2,1H3,(H,16,17)/p-1/b6-4+/t9-,10+,11+,13+/m0/s1. The number of unbranched alkanes of at least 4 members (excludes halogenated alkanes) is 2. The van der Waals surface area contributed by atoms with E-state index in [1.165, 1.54) is 0 Å². The molecular weight excluding hydrogens is 252 g/mol. The molecule has 1 aliphatic heterocycles. The first kappa shape index (κ1) is 16.1. The maximum Gasteiger partial charge on any atom is 0.183 e. The Labute approximate surface area is 112 Å². The zero-order valence-corrected chi connectivity index (χ0v) is 11.0. The Morgan fingerprint density at radius 2 is 2.16 bits per heavy atom. The molecule has 0 aromatic rings. The lowest BCUT2D eigenvalue weighted by atomic mass is 10.0. The van der Waals surface area contributed by atoms with Crippen molar-refractivity contribution in [1.29, 1.82) is 0 Å². The lowest BCUT2D eigenvalue weighted by molar-refractivity contribution is -0.297. The van der Waals surface area contributed by atoms with Crippen LogP contribution in [0.2, 0.25) is 0 Å². The van der Waals surface area contributed by atoms with Gasteiger partial charge in [-0.1, -0.05) is 6.08 Å². The summed E-state index contributed by atoms with van der Waals surface area (Å²) in [6.07, 6.45) is 2.44. The summed E-state index contributed by atoms with van der Waals surface area (Å²) in [6.45, 7) is 2.15. The Kier molecular flexibility index (Phi) is 7.01. The van der Waals surface area contributed by atoms with Gasteiger partial charge in [0.25, 0.3) is 0 Å². The highest BCUT2D eigenvalue weighted by atomic mass is 16.7. The molecule has 1 aliphatic rings. The molecule has 0 saturated carbocycles. The predicted molar refractivity (Wildman–Crippen MR) is 64.9 cm³/mol. The summed E-state index contributed by atoms with van der Waals surface area (Å²) in [6, 6.07) is 0. The average Bonchev–Trinajstić information content (AvgIpc) is 2.33. The van der Waals surface area contributed by atoms with E-state index in [4.69, 9.17) is 9.47 Å². The molecule has 6 heteroatoms. The number of aliphatic hydroxyl groups is 2. The number of aliphatic hydroxyl groups excluding tert-OH is 2. The highest BCUT2D eigenvalue weighted by molar-refractivity contribution is 5.77. The minimum Gasteiger partial charge on any atom is -0.545 e. The zero-order valence-electron chi connectivity index (χ0n) is 11.0. The van der Waals surface area contributed by atoms with Gasteiger partial charge in [0.15, 0.2) is 6.29 Å². The van der Waals surface area contributed by atoms with Gasteiger partial charge in [-0.05, 0) is 32.3 Å². The van der Waals surface area contributed by atoms with Crippen LogP contribution >= 0.6 is 0 Å². The van der Waals surface area contributed by atoms with Crippen molar-refractivity contribution in [3.63, 3.8) is 0 Å². The minimum atomic E-state index is -1.19. The molecule has 0 aliphatic carbocycles. The number of rotatable bonds is 7. The van der Waals surface area contributed by atoms with Crippen molar-refractivity contribution in [1.82, 2.24) is 0 Å². The molecule has 19 heavy (non-hydrogen) atoms. The number of ether oxygens (including phenoxy) is 2. The molecule has 110 valence electrons. The molecule has 6 nitrogen and oxygen atoms in total. The van der Waals surface area contributed by atoms with E-state index in [1.807, 2.05) is 0 Å². The summed E-state index contributed by atoms with van der Waals surface area (Å²) in [5, 5.41) is 29.2. The second kappa shape index (κ2) is 8.27. The van der Waals surface area contributed by atoms with Crippen LogP contribution in [0.4, 0.5) is 0 Å². The first-order valence-corrected chi connectivity index (χ1v) is 6.51. The molecule has 0 spiro atoms. The summed E-state index contributed by atoms with van der Waals surface area (Å²) in [5.41, 5.74) is 0. The Balaban J connectivity index is 2.10. The largest absolute Gasteiger partial charge is 0.545 e. The van der Waals surface area contributed by atoms with E-state index in [0.29, 0.717) is 13.0 Å². The van der Waals surface area contributed by atoms with Crippen molar-refractivity contribution in [2.45, 2.75) is 57.2 Å². The number of carboxylic acid groups (broad SMARTS) is 1. The smallest absolute Gasteiger partial charge is 0.183 e. The fraction of sp³-hybridized carbons (Fsp3) is 0.769. The molecule has 1 heterocycles. The Hall–Kier alpha value is -0.950. The van der Waals surface area contributed by atoms with Crippen LogP contribution in [0.25, 0.3) is 0 Å². The zero-order chi connectivity index (χ0) is 14.3. The Bertz CT molecular complexity index is 304. The molecule has 4 atom stereocenters. The van der Waals surface area contributed by atoms with E-state index in [2.05, 4.69) is 0 Å². The quantitative estimate of drug-likeness (QED) is 0.472. The van der Waals surface area contributed by atoms with Crippen molar-refractivity contribution in [3.8, 4) is 0 Å². The molecule has 1 rings (SSSR count). The third-order valence-corrected chi connectivity index (χ3v) is 2.99. The van der Waals surface area contributed by atoms with Gasteiger partial charge in [-0.3, -0.25) is 0 Å². The number of allylic oxidation sites excluding steroid dienone is 1. The van der Waals surface area contributed by atoms with Crippen LogP contribution in [-0.2, 0) is 14.3 Å². The van der Waals surface area contributed by atoms with E-state index < -0.39 is 24.5 Å². The van der Waals surface area contributed by atoms with Crippen LogP contribution in [0, 0.1) is 0 Å². The highest BCUT2D eigenvalue weighted by Gasteiger charge is 2.34. The second-order valence-corrected chi connectivity index (χ2v) is 4.67. The van der Waals surface area contributed by atoms with Crippen molar-refractivity contribution >= 4 is 5.97 Å². The van der Waals surface area contributed by atoms with Crippen LogP contribution in [-0.4, -0.2) is 47.4 Å². The number of carbonyl (C=O) groups is 1. The Morgan fingerprint density at radius 1 is 1.42 bits per heavy atom. The van der Waals surface area contributed by atoms with E-state index in [9.17, 15) is 20.1 Å². The molecule has 0 aromatic heterocycles. The lowest BCUT2D eigenvalue weighted by Crippen LogP contribution is -2.47. The normalized spacial score (nSPS) is 31.7. The highest BCUT2D eigenvalue weighted by Crippen LogP contribution is 2.21. The molecule has 1 fully saturated rings. The van der Waals surface area contributed by atoms with Crippen molar-refractivity contribution < 1.29 is 29.6 Å². The molecule has 2 N–H and O–H groups in total. The SMILES string of the molecule is C[C@@H]1O[C@@H](OCCCC/C=C/C(=O)[O-])[C@H](O)C[C@H]1O. The molecule has 1 saturated heterocycles. The summed E-state index contributed by atoms with van der Waals surface area (Å²) in [5.74, 6) is -1.19. The van der Waals surface area contributed by atoms with E-state index in [1.54, 1.807) is 13.0 Å². The van der Waals surface area contributed by atoms with Crippen LogP contribution < -0.4 is 5.11 Å². The first-order valence-electron chi connectivity index (χ1n) is 6.51. The fourth-order valence-corrected chi connectivity index (χ4v) is 1.84. The summed E-state index contributed by atoms with van der Waals surface area (Å²) in [4.78, 5) is 10.1. The maximum absolute atomic E-state index is 10.1. The van der Waals surface area contributed by atoms with Crippen LogP contribution in [0.1, 0.15) is 32.6 Å². The molecule has 0 unspecified atom stereocenters. The maximum atomic E-state index is 10.1. The van der Waals surface area contributed by atoms with Crippen molar-refractivity contribution in [2.75, 3.05) is 6.61 Å². The lowest BCUT2D eigenvalue weighted by Gasteiger charge is -2.35. The van der Waals surface area contributed by atoms with Gasteiger partial charge in [0.05, 0.1) is 18.2 Å². The monoisotopic (exact) mass is 273 g/mol. The van der Waals surface area contributed by atoms with E-state index >= 15 is 0 Å². The molecular formula is C13H21O6-. The molecule has 0 amide bonds. The van der Waals surface area contributed by atoms with Gasteiger partial charge in [0, 0.05) is 13.0 Å². The van der Waals surface area contributed by atoms with Gasteiger partial charge < -0.3 is 29.6 Å². The summed E-state index contributed by atoms with van der Waals surface area (Å²) >= 11 is 0. The van der Waals surface area contributed by atoms with Crippen molar-refractivity contribution in [2.24, 2.45) is 0 Å². The fourth-order valence-electron chi connectivity index (χ4n) is 1.84. The van der Waals surface area contributed by atoms with E-state index in [-0.39, 0.29) is 12.5 Å². The van der Waals surface area contributed by atoms with Gasteiger partial charge in [-0.15, -0.1) is 0 Å². The average molecular weight is 273 g/mol. The Morgan fingerprint density at radius 3 is 2.84 bits per heavy atom. The summed E-state index contributed by atoms with van der Waals surface area (Å²) in [7, 11) is 0. The molecule has 0 radical (unpaired) electrons. The van der Waals surface area contributed by atoms with Crippen LogP contribution in [0.5, 0.6) is 0 Å². The number of hydrogen-bond donors (Lipinski definition) is 2. The van der Waals surface area contributed by atoms with Gasteiger partial charge in [-0.2, -0.15) is 0 Å². The van der Waals surface area contributed by atoms with Gasteiger partial charge in [0.1, 0.15) is 6.10 Å². The van der Waals surface area contributed by atoms with Gasteiger partial charge in [0.2, 0.25) is 0 Å². The van der Waals surface area contributed by atoms with E-state index in [0.717, 1.165) is 18.9 Å². The molecule has 0 aromatic carbocycles. The minimum absolute atomic E-state index is 0.250. The topological polar surface area (TPSA) is 99.1 Å². The van der Waals surface area contributed by atoms with Crippen molar-refractivity contribution in [3.05, 3.63) is 12.2 Å². The number of hydrogen-bond acceptors (Lipinski definition) is 6. The third kappa shape index (κ3) is 6.15. The number of carboxylic acids is 1. The van der Waals surface area contributed by atoms with Crippen LogP contribution in [0.15, 0.2) is 12.2 Å². The van der Waals surface area contributed by atoms with Crippen LogP contribution in [0.3, 0.4) is 0 Å².